The van der Waals surface area contributed by atoms with Crippen LogP contribution in [-0.2, 0) is 6.54 Å². The van der Waals surface area contributed by atoms with Crippen LogP contribution in [0, 0.1) is 6.92 Å². The van der Waals surface area contributed by atoms with E-state index < -0.39 is 0 Å². The van der Waals surface area contributed by atoms with Gasteiger partial charge in [0.2, 0.25) is 0 Å². The predicted octanol–water partition coefficient (Wildman–Crippen LogP) is 3.56. The van der Waals surface area contributed by atoms with Gasteiger partial charge in [-0.15, -0.1) is 0 Å². The summed E-state index contributed by atoms with van der Waals surface area (Å²) in [5.74, 6) is 2.86. The van der Waals surface area contributed by atoms with Crippen LogP contribution in [0.4, 0.5) is 11.6 Å². The van der Waals surface area contributed by atoms with Crippen molar-refractivity contribution in [3.05, 3.63) is 47.3 Å². The van der Waals surface area contributed by atoms with Gasteiger partial charge >= 0.3 is 0 Å². The number of nitrogens with zero attached hydrogens (tertiary/aromatic N) is 2. The number of benzene rings is 1. The molecule has 0 bridgehead atoms. The summed E-state index contributed by atoms with van der Waals surface area (Å²) in [6.07, 6.45) is 0. The van der Waals surface area contributed by atoms with Gasteiger partial charge < -0.3 is 10.6 Å². The highest BCUT2D eigenvalue weighted by Crippen LogP contribution is 2.17. The van der Waals surface area contributed by atoms with Gasteiger partial charge in [0.1, 0.15) is 17.5 Å². The maximum Gasteiger partial charge on any atom is 0.135 e. The van der Waals surface area contributed by atoms with E-state index in [1.807, 2.05) is 13.1 Å². The molecule has 20 heavy (non-hydrogen) atoms. The second-order valence-corrected chi connectivity index (χ2v) is 5.24. The molecule has 0 atom stereocenters. The second kappa shape index (κ2) is 6.37. The highest BCUT2D eigenvalue weighted by atomic mass is 15.1. The number of nitrogens with one attached hydrogen (secondary N) is 2. The van der Waals surface area contributed by atoms with Crippen LogP contribution in [0.25, 0.3) is 0 Å². The first-order valence-corrected chi connectivity index (χ1v) is 6.94. The number of hydrogen-bond acceptors (Lipinski definition) is 4. The molecule has 0 aliphatic heterocycles. The van der Waals surface area contributed by atoms with Crippen LogP contribution in [0.1, 0.15) is 36.7 Å². The van der Waals surface area contributed by atoms with Crippen molar-refractivity contribution in [3.8, 4) is 0 Å². The highest BCUT2D eigenvalue weighted by Gasteiger charge is 2.07. The van der Waals surface area contributed by atoms with Crippen molar-refractivity contribution in [2.24, 2.45) is 0 Å². The van der Waals surface area contributed by atoms with Crippen LogP contribution in [0.5, 0.6) is 0 Å². The Morgan fingerprint density at radius 3 is 2.50 bits per heavy atom. The lowest BCUT2D eigenvalue weighted by molar-refractivity contribution is 0.776. The second-order valence-electron chi connectivity index (χ2n) is 5.24. The van der Waals surface area contributed by atoms with E-state index >= 15 is 0 Å². The summed E-state index contributed by atoms with van der Waals surface area (Å²) in [4.78, 5) is 9.01. The van der Waals surface area contributed by atoms with Gasteiger partial charge in [-0.2, -0.15) is 0 Å². The van der Waals surface area contributed by atoms with E-state index in [1.165, 1.54) is 11.1 Å². The van der Waals surface area contributed by atoms with E-state index in [2.05, 4.69) is 65.6 Å². The molecule has 4 nitrogen and oxygen atoms in total. The van der Waals surface area contributed by atoms with Gasteiger partial charge in [-0.05, 0) is 12.5 Å². The minimum atomic E-state index is 0.308. The summed E-state index contributed by atoms with van der Waals surface area (Å²) in [6.45, 7) is 7.06. The number of anilines is 2. The molecule has 0 unspecified atom stereocenters. The smallest absolute Gasteiger partial charge is 0.135 e. The molecule has 1 heterocycles. The topological polar surface area (TPSA) is 49.8 Å². The van der Waals surface area contributed by atoms with Crippen LogP contribution in [0.2, 0.25) is 0 Å². The first kappa shape index (κ1) is 14.3. The molecule has 0 amide bonds. The quantitative estimate of drug-likeness (QED) is 0.872. The van der Waals surface area contributed by atoms with Gasteiger partial charge in [-0.1, -0.05) is 43.7 Å². The zero-order chi connectivity index (χ0) is 14.5. The van der Waals surface area contributed by atoms with E-state index in [-0.39, 0.29) is 0 Å². The van der Waals surface area contributed by atoms with Crippen LogP contribution in [0.15, 0.2) is 30.3 Å². The van der Waals surface area contributed by atoms with E-state index in [0.717, 1.165) is 24.0 Å². The van der Waals surface area contributed by atoms with Gasteiger partial charge in [0, 0.05) is 25.6 Å². The van der Waals surface area contributed by atoms with E-state index in [9.17, 15) is 0 Å². The third-order valence-electron chi connectivity index (χ3n) is 3.07. The Kier molecular flexibility index (Phi) is 4.56. The first-order chi connectivity index (χ1) is 9.58. The summed E-state index contributed by atoms with van der Waals surface area (Å²) in [5, 5.41) is 6.45. The van der Waals surface area contributed by atoms with Crippen LogP contribution < -0.4 is 10.6 Å². The minimum absolute atomic E-state index is 0.308. The summed E-state index contributed by atoms with van der Waals surface area (Å²) in [6, 6.07) is 10.4. The van der Waals surface area contributed by atoms with Crippen molar-refractivity contribution in [1.29, 1.82) is 0 Å². The standard InChI is InChI=1S/C16H22N4/c1-11(2)16-19-14(17-4)9-15(20-16)18-10-13-7-5-6-12(3)8-13/h5-9,11H,10H2,1-4H3,(H2,17,18,19,20). The maximum absolute atomic E-state index is 4.56. The molecule has 1 aromatic heterocycles. The number of aryl methyl sites for hydroxylation is 1. The summed E-state index contributed by atoms with van der Waals surface area (Å²) >= 11 is 0. The molecule has 0 saturated carbocycles. The molecule has 2 aromatic rings. The molecule has 4 heteroatoms. The lowest BCUT2D eigenvalue weighted by Crippen LogP contribution is -2.07. The van der Waals surface area contributed by atoms with Gasteiger partial charge in [0.05, 0.1) is 0 Å². The van der Waals surface area contributed by atoms with Crippen molar-refractivity contribution < 1.29 is 0 Å². The molecular weight excluding hydrogens is 248 g/mol. The third-order valence-corrected chi connectivity index (χ3v) is 3.07. The lowest BCUT2D eigenvalue weighted by atomic mass is 10.1. The first-order valence-electron chi connectivity index (χ1n) is 6.94. The van der Waals surface area contributed by atoms with Crippen LogP contribution in [0.3, 0.4) is 0 Å². The van der Waals surface area contributed by atoms with Gasteiger partial charge in [0.15, 0.2) is 0 Å². The Morgan fingerprint density at radius 1 is 1.10 bits per heavy atom. The monoisotopic (exact) mass is 270 g/mol. The molecule has 2 rings (SSSR count). The molecule has 0 spiro atoms. The molecule has 0 radical (unpaired) electrons. The normalized spacial score (nSPS) is 10.7. The largest absolute Gasteiger partial charge is 0.373 e. The molecule has 2 N–H and O–H groups in total. The Balaban J connectivity index is 2.14. The summed E-state index contributed by atoms with van der Waals surface area (Å²) in [5.41, 5.74) is 2.52. The molecule has 0 aliphatic rings. The van der Waals surface area contributed by atoms with Gasteiger partial charge in [0.25, 0.3) is 0 Å². The SMILES string of the molecule is CNc1cc(NCc2cccc(C)c2)nc(C(C)C)n1. The average molecular weight is 270 g/mol. The average Bonchev–Trinajstić information content (AvgIpc) is 2.45. The number of hydrogen-bond donors (Lipinski definition) is 2. The molecule has 106 valence electrons. The fourth-order valence-corrected chi connectivity index (χ4v) is 1.96. The van der Waals surface area contributed by atoms with Crippen molar-refractivity contribution in [2.75, 3.05) is 17.7 Å². The third kappa shape index (κ3) is 3.70. The molecule has 0 fully saturated rings. The number of aromatic nitrogens is 2. The van der Waals surface area contributed by atoms with Crippen molar-refractivity contribution >= 4 is 11.6 Å². The predicted molar refractivity (Wildman–Crippen MR) is 84.2 cm³/mol. The highest BCUT2D eigenvalue weighted by molar-refractivity contribution is 5.47. The Morgan fingerprint density at radius 2 is 1.85 bits per heavy atom. The van der Waals surface area contributed by atoms with Crippen molar-refractivity contribution in [3.63, 3.8) is 0 Å². The maximum atomic E-state index is 4.56. The van der Waals surface area contributed by atoms with Crippen molar-refractivity contribution in [2.45, 2.75) is 33.2 Å². The van der Waals surface area contributed by atoms with Crippen LogP contribution >= 0.6 is 0 Å². The fraction of sp³-hybridized carbons (Fsp3) is 0.375. The Labute approximate surface area is 120 Å². The minimum Gasteiger partial charge on any atom is -0.373 e. The van der Waals surface area contributed by atoms with E-state index in [0.29, 0.717) is 5.92 Å². The molecule has 0 saturated heterocycles. The fourth-order valence-electron chi connectivity index (χ4n) is 1.96. The Bertz CT molecular complexity index is 578. The summed E-state index contributed by atoms with van der Waals surface area (Å²) < 4.78 is 0. The van der Waals surface area contributed by atoms with Gasteiger partial charge in [-0.3, -0.25) is 0 Å². The van der Waals surface area contributed by atoms with E-state index in [1.54, 1.807) is 0 Å². The van der Waals surface area contributed by atoms with Crippen LogP contribution in [-0.4, -0.2) is 17.0 Å². The van der Waals surface area contributed by atoms with Crippen molar-refractivity contribution in [1.82, 2.24) is 9.97 Å². The zero-order valence-corrected chi connectivity index (χ0v) is 12.6. The van der Waals surface area contributed by atoms with E-state index in [4.69, 9.17) is 0 Å². The molecule has 0 aliphatic carbocycles. The number of rotatable bonds is 5. The van der Waals surface area contributed by atoms with Gasteiger partial charge in [-0.25, -0.2) is 9.97 Å². The Hall–Kier alpha value is -2.10. The molecular formula is C16H22N4. The molecule has 1 aromatic carbocycles. The summed E-state index contributed by atoms with van der Waals surface area (Å²) in [7, 11) is 1.87. The lowest BCUT2D eigenvalue weighted by Gasteiger charge is -2.11. The zero-order valence-electron chi connectivity index (χ0n) is 12.6.